The summed E-state index contributed by atoms with van der Waals surface area (Å²) < 4.78 is 0. The van der Waals surface area contributed by atoms with Crippen molar-refractivity contribution in [2.75, 3.05) is 0 Å². The first-order chi connectivity index (χ1) is 8.93. The van der Waals surface area contributed by atoms with Crippen molar-refractivity contribution >= 4 is 0 Å². The van der Waals surface area contributed by atoms with Gasteiger partial charge in [0.15, 0.2) is 0 Å². The number of hydrogen-bond donors (Lipinski definition) is 2. The first-order valence-electron chi connectivity index (χ1n) is 6.96. The molecule has 5 heteroatoms. The molecular weight excluding hydrogens is 240 g/mol. The molecule has 0 spiro atoms. The third-order valence-corrected chi connectivity index (χ3v) is 3.84. The van der Waals surface area contributed by atoms with Crippen LogP contribution < -0.4 is 0 Å². The molecule has 0 aliphatic heterocycles. The van der Waals surface area contributed by atoms with Crippen LogP contribution in [0.5, 0.6) is 0 Å². The third-order valence-electron chi connectivity index (χ3n) is 3.84. The van der Waals surface area contributed by atoms with Crippen molar-refractivity contribution in [1.29, 1.82) is 0 Å². The number of aromatic nitrogens is 4. The summed E-state index contributed by atoms with van der Waals surface area (Å²) in [5, 5.41) is 14.0. The predicted molar refractivity (Wildman–Crippen MR) is 74.1 cm³/mol. The molecule has 104 valence electrons. The summed E-state index contributed by atoms with van der Waals surface area (Å²) >= 11 is 0. The zero-order chi connectivity index (χ0) is 12.2. The van der Waals surface area contributed by atoms with E-state index < -0.39 is 0 Å². The summed E-state index contributed by atoms with van der Waals surface area (Å²) in [6.07, 6.45) is 14.2. The Morgan fingerprint density at radius 3 is 1.53 bits per heavy atom. The van der Waals surface area contributed by atoms with Crippen molar-refractivity contribution in [1.82, 2.24) is 20.4 Å². The van der Waals surface area contributed by atoms with E-state index >= 15 is 0 Å². The molecule has 0 amide bonds. The van der Waals surface area contributed by atoms with Crippen molar-refractivity contribution in [3.8, 4) is 0 Å². The number of nitrogens with zero attached hydrogens (tertiary/aromatic N) is 2. The van der Waals surface area contributed by atoms with Crippen molar-refractivity contribution in [2.45, 2.75) is 51.4 Å². The van der Waals surface area contributed by atoms with E-state index in [4.69, 9.17) is 0 Å². The van der Waals surface area contributed by atoms with E-state index in [0.29, 0.717) is 0 Å². The molecular formula is C14H22N4O. The number of rotatable bonds is 0. The van der Waals surface area contributed by atoms with Crippen LogP contribution in [0.15, 0.2) is 12.4 Å². The minimum atomic E-state index is 0. The summed E-state index contributed by atoms with van der Waals surface area (Å²) in [6, 6.07) is 0. The molecule has 0 radical (unpaired) electrons. The average molecular weight is 262 g/mol. The summed E-state index contributed by atoms with van der Waals surface area (Å²) in [4.78, 5) is 0. The molecule has 2 aromatic heterocycles. The van der Waals surface area contributed by atoms with Crippen LogP contribution in [0.1, 0.15) is 48.2 Å². The minimum absolute atomic E-state index is 0. The number of hydrogen-bond acceptors (Lipinski definition) is 2. The maximum Gasteiger partial charge on any atom is 0.0654 e. The smallest absolute Gasteiger partial charge is 0.0654 e. The first kappa shape index (κ1) is 13.8. The van der Waals surface area contributed by atoms with Crippen LogP contribution in [0.25, 0.3) is 0 Å². The lowest BCUT2D eigenvalue weighted by atomic mass is 9.99. The van der Waals surface area contributed by atoms with Crippen LogP contribution in [0.2, 0.25) is 0 Å². The van der Waals surface area contributed by atoms with Gasteiger partial charge in [0, 0.05) is 12.4 Å². The summed E-state index contributed by atoms with van der Waals surface area (Å²) in [5.41, 5.74) is 5.45. The van der Waals surface area contributed by atoms with Crippen LogP contribution in [-0.4, -0.2) is 25.9 Å². The maximum absolute atomic E-state index is 4.13. The maximum atomic E-state index is 4.13. The Hall–Kier alpha value is -1.62. The van der Waals surface area contributed by atoms with Crippen LogP contribution in [-0.2, 0) is 25.7 Å². The summed E-state index contributed by atoms with van der Waals surface area (Å²) in [6.45, 7) is 0. The Kier molecular flexibility index (Phi) is 4.74. The largest absolute Gasteiger partial charge is 0.412 e. The molecule has 2 heterocycles. The SMILES string of the molecule is O.c1[nH]nc2c1CCCC2.c1[nH]nc2c1CCCC2. The third kappa shape index (κ3) is 3.23. The fourth-order valence-electron chi connectivity index (χ4n) is 2.77. The second-order valence-electron chi connectivity index (χ2n) is 5.13. The zero-order valence-electron chi connectivity index (χ0n) is 11.2. The molecule has 0 aromatic carbocycles. The van der Waals surface area contributed by atoms with E-state index in [-0.39, 0.29) is 5.48 Å². The van der Waals surface area contributed by atoms with Gasteiger partial charge < -0.3 is 5.48 Å². The molecule has 0 saturated heterocycles. The van der Waals surface area contributed by atoms with Gasteiger partial charge in [0.2, 0.25) is 0 Å². The van der Waals surface area contributed by atoms with E-state index in [1.807, 2.05) is 12.4 Å². The van der Waals surface area contributed by atoms with Gasteiger partial charge in [0.25, 0.3) is 0 Å². The molecule has 2 aromatic rings. The quantitative estimate of drug-likeness (QED) is 0.757. The monoisotopic (exact) mass is 262 g/mol. The van der Waals surface area contributed by atoms with Crippen molar-refractivity contribution in [3.05, 3.63) is 34.9 Å². The highest BCUT2D eigenvalue weighted by Crippen LogP contribution is 2.18. The Labute approximate surface area is 113 Å². The van der Waals surface area contributed by atoms with Crippen LogP contribution in [0.4, 0.5) is 0 Å². The van der Waals surface area contributed by atoms with E-state index in [2.05, 4.69) is 20.4 Å². The van der Waals surface area contributed by atoms with Gasteiger partial charge in [0.05, 0.1) is 11.4 Å². The molecule has 5 nitrogen and oxygen atoms in total. The van der Waals surface area contributed by atoms with E-state index in [1.165, 1.54) is 73.9 Å². The normalized spacial score (nSPS) is 16.4. The fraction of sp³-hybridized carbons (Fsp3) is 0.571. The summed E-state index contributed by atoms with van der Waals surface area (Å²) in [7, 11) is 0. The number of aromatic amines is 2. The number of H-pyrrole nitrogens is 2. The van der Waals surface area contributed by atoms with Crippen molar-refractivity contribution < 1.29 is 5.48 Å². The Morgan fingerprint density at radius 1 is 0.684 bits per heavy atom. The Bertz CT molecular complexity index is 416. The van der Waals surface area contributed by atoms with Crippen LogP contribution in [0, 0.1) is 0 Å². The van der Waals surface area contributed by atoms with Gasteiger partial charge in [-0.2, -0.15) is 10.2 Å². The van der Waals surface area contributed by atoms with Crippen molar-refractivity contribution in [2.24, 2.45) is 0 Å². The van der Waals surface area contributed by atoms with E-state index in [1.54, 1.807) is 0 Å². The number of nitrogens with one attached hydrogen (secondary N) is 2. The molecule has 2 aliphatic carbocycles. The van der Waals surface area contributed by atoms with Gasteiger partial charge in [-0.05, 0) is 62.5 Å². The van der Waals surface area contributed by atoms with Gasteiger partial charge in [0.1, 0.15) is 0 Å². The molecule has 0 bridgehead atoms. The van der Waals surface area contributed by atoms with Gasteiger partial charge >= 0.3 is 0 Å². The number of aryl methyl sites for hydroxylation is 4. The lowest BCUT2D eigenvalue weighted by Crippen LogP contribution is -1.99. The second-order valence-corrected chi connectivity index (χ2v) is 5.13. The number of fused-ring (bicyclic) bond motifs is 2. The molecule has 0 atom stereocenters. The summed E-state index contributed by atoms with van der Waals surface area (Å²) in [5.74, 6) is 0. The second kappa shape index (κ2) is 6.52. The van der Waals surface area contributed by atoms with Crippen LogP contribution >= 0.6 is 0 Å². The topological polar surface area (TPSA) is 88.9 Å². The molecule has 0 unspecified atom stereocenters. The average Bonchev–Trinajstić information content (AvgIpc) is 3.08. The Balaban J connectivity index is 0.000000133. The molecule has 0 saturated carbocycles. The molecule has 2 aliphatic rings. The molecule has 4 rings (SSSR count). The first-order valence-corrected chi connectivity index (χ1v) is 6.96. The van der Waals surface area contributed by atoms with E-state index in [0.717, 1.165) is 0 Å². The molecule has 4 N–H and O–H groups in total. The Morgan fingerprint density at radius 2 is 1.11 bits per heavy atom. The minimum Gasteiger partial charge on any atom is -0.412 e. The predicted octanol–water partition coefficient (Wildman–Crippen LogP) is 1.75. The lowest BCUT2D eigenvalue weighted by molar-refractivity contribution is 0.675. The molecule has 19 heavy (non-hydrogen) atoms. The van der Waals surface area contributed by atoms with Crippen LogP contribution in [0.3, 0.4) is 0 Å². The highest BCUT2D eigenvalue weighted by atomic mass is 16.0. The zero-order valence-corrected chi connectivity index (χ0v) is 11.2. The van der Waals surface area contributed by atoms with Crippen molar-refractivity contribution in [3.63, 3.8) is 0 Å². The van der Waals surface area contributed by atoms with Gasteiger partial charge in [-0.1, -0.05) is 0 Å². The highest BCUT2D eigenvalue weighted by Gasteiger charge is 2.10. The van der Waals surface area contributed by atoms with Gasteiger partial charge in [-0.3, -0.25) is 10.2 Å². The van der Waals surface area contributed by atoms with Gasteiger partial charge in [-0.25, -0.2) is 0 Å². The van der Waals surface area contributed by atoms with Gasteiger partial charge in [-0.15, -0.1) is 0 Å². The lowest BCUT2D eigenvalue weighted by Gasteiger charge is -2.06. The van der Waals surface area contributed by atoms with E-state index in [9.17, 15) is 0 Å². The fourth-order valence-corrected chi connectivity index (χ4v) is 2.77. The highest BCUT2D eigenvalue weighted by molar-refractivity contribution is 5.19. The standard InChI is InChI=1S/2C7H10N2.H2O/c2*1-2-4-7-6(3-1)5-8-9-7;/h2*5H,1-4H2,(H,8,9);1H2. The molecule has 0 fully saturated rings.